The number of nitrogens with one attached hydrogen (secondary N) is 1. The van der Waals surface area contributed by atoms with E-state index in [-0.39, 0.29) is 5.82 Å². The maximum absolute atomic E-state index is 13.5. The van der Waals surface area contributed by atoms with Gasteiger partial charge in [0.25, 0.3) is 0 Å². The van der Waals surface area contributed by atoms with Crippen molar-refractivity contribution in [1.29, 1.82) is 0 Å². The van der Waals surface area contributed by atoms with E-state index in [2.05, 4.69) is 5.32 Å². The molecule has 0 aliphatic rings. The Balaban J connectivity index is 2.13. The summed E-state index contributed by atoms with van der Waals surface area (Å²) in [6.45, 7) is 2.31. The van der Waals surface area contributed by atoms with Gasteiger partial charge in [-0.15, -0.1) is 0 Å². The standard InChI is InChI=1S/C14H12Cl2FN/c1-9-2-4-13(17)10(6-9)8-18-14-5-3-11(15)7-12(14)16/h2-7,18H,8H2,1H3. The largest absolute Gasteiger partial charge is 0.380 e. The van der Waals surface area contributed by atoms with Crippen molar-refractivity contribution in [2.45, 2.75) is 13.5 Å². The summed E-state index contributed by atoms with van der Waals surface area (Å²) in [5.74, 6) is -0.224. The number of halogens is 3. The lowest BCUT2D eigenvalue weighted by molar-refractivity contribution is 0.612. The third-order valence-electron chi connectivity index (χ3n) is 2.60. The smallest absolute Gasteiger partial charge is 0.128 e. The summed E-state index contributed by atoms with van der Waals surface area (Å²) in [5.41, 5.74) is 2.37. The van der Waals surface area contributed by atoms with Crippen LogP contribution in [0.25, 0.3) is 0 Å². The first-order valence-corrected chi connectivity index (χ1v) is 6.26. The van der Waals surface area contributed by atoms with Crippen LogP contribution in [-0.2, 0) is 6.54 Å². The molecule has 2 aromatic carbocycles. The second-order valence-corrected chi connectivity index (χ2v) is 4.92. The molecule has 0 radical (unpaired) electrons. The number of hydrogen-bond donors (Lipinski definition) is 1. The Morgan fingerprint density at radius 1 is 1.11 bits per heavy atom. The molecule has 4 heteroatoms. The van der Waals surface area contributed by atoms with Crippen LogP contribution in [-0.4, -0.2) is 0 Å². The molecule has 0 saturated heterocycles. The van der Waals surface area contributed by atoms with Crippen LogP contribution in [0.15, 0.2) is 36.4 Å². The summed E-state index contributed by atoms with van der Waals surface area (Å²) in [7, 11) is 0. The zero-order valence-electron chi connectivity index (χ0n) is 9.81. The summed E-state index contributed by atoms with van der Waals surface area (Å²) in [5, 5.41) is 4.19. The molecular weight excluding hydrogens is 272 g/mol. The number of benzene rings is 2. The predicted molar refractivity (Wildman–Crippen MR) is 74.9 cm³/mol. The van der Waals surface area contributed by atoms with Crippen molar-refractivity contribution in [3.8, 4) is 0 Å². The Hall–Kier alpha value is -1.25. The van der Waals surface area contributed by atoms with Gasteiger partial charge in [0.05, 0.1) is 10.7 Å². The first kappa shape index (κ1) is 13.2. The van der Waals surface area contributed by atoms with Crippen LogP contribution in [0, 0.1) is 12.7 Å². The summed E-state index contributed by atoms with van der Waals surface area (Å²) in [6.07, 6.45) is 0. The van der Waals surface area contributed by atoms with Crippen molar-refractivity contribution < 1.29 is 4.39 Å². The summed E-state index contributed by atoms with van der Waals surface area (Å²) >= 11 is 11.8. The van der Waals surface area contributed by atoms with E-state index in [0.717, 1.165) is 11.3 Å². The molecule has 0 spiro atoms. The highest BCUT2D eigenvalue weighted by Crippen LogP contribution is 2.26. The quantitative estimate of drug-likeness (QED) is 0.831. The van der Waals surface area contributed by atoms with Crippen molar-refractivity contribution in [1.82, 2.24) is 0 Å². The maximum atomic E-state index is 13.5. The molecule has 0 unspecified atom stereocenters. The van der Waals surface area contributed by atoms with Gasteiger partial charge < -0.3 is 5.32 Å². The molecule has 0 aliphatic heterocycles. The topological polar surface area (TPSA) is 12.0 Å². The second-order valence-electron chi connectivity index (χ2n) is 4.07. The highest BCUT2D eigenvalue weighted by Gasteiger charge is 2.04. The monoisotopic (exact) mass is 283 g/mol. The van der Waals surface area contributed by atoms with Crippen LogP contribution in [0.4, 0.5) is 10.1 Å². The predicted octanol–water partition coefficient (Wildman–Crippen LogP) is 5.05. The maximum Gasteiger partial charge on any atom is 0.128 e. The Morgan fingerprint density at radius 3 is 2.61 bits per heavy atom. The summed E-state index contributed by atoms with van der Waals surface area (Å²) in [4.78, 5) is 0. The van der Waals surface area contributed by atoms with E-state index in [1.807, 2.05) is 13.0 Å². The van der Waals surface area contributed by atoms with Gasteiger partial charge in [-0.3, -0.25) is 0 Å². The molecule has 0 aromatic heterocycles. The average Bonchev–Trinajstić information content (AvgIpc) is 2.32. The normalized spacial score (nSPS) is 10.4. The van der Waals surface area contributed by atoms with E-state index < -0.39 is 0 Å². The van der Waals surface area contributed by atoms with Gasteiger partial charge in [-0.05, 0) is 31.2 Å². The van der Waals surface area contributed by atoms with E-state index >= 15 is 0 Å². The van der Waals surface area contributed by atoms with Crippen molar-refractivity contribution in [2.24, 2.45) is 0 Å². The Kier molecular flexibility index (Phi) is 4.10. The lowest BCUT2D eigenvalue weighted by Gasteiger charge is -2.10. The molecule has 0 bridgehead atoms. The highest BCUT2D eigenvalue weighted by atomic mass is 35.5. The van der Waals surface area contributed by atoms with E-state index in [0.29, 0.717) is 22.2 Å². The van der Waals surface area contributed by atoms with E-state index in [9.17, 15) is 4.39 Å². The fourth-order valence-electron chi connectivity index (χ4n) is 1.66. The minimum Gasteiger partial charge on any atom is -0.380 e. The molecule has 0 aliphatic carbocycles. The van der Waals surface area contributed by atoms with Gasteiger partial charge in [0.1, 0.15) is 5.82 Å². The van der Waals surface area contributed by atoms with Gasteiger partial charge in [0.2, 0.25) is 0 Å². The van der Waals surface area contributed by atoms with Gasteiger partial charge in [0.15, 0.2) is 0 Å². The first-order chi connectivity index (χ1) is 8.56. The number of aryl methyl sites for hydroxylation is 1. The fraction of sp³-hybridized carbons (Fsp3) is 0.143. The lowest BCUT2D eigenvalue weighted by atomic mass is 10.1. The number of hydrogen-bond acceptors (Lipinski definition) is 1. The van der Waals surface area contributed by atoms with Crippen LogP contribution in [0.5, 0.6) is 0 Å². The molecule has 2 rings (SSSR count). The third kappa shape index (κ3) is 3.15. The molecule has 2 aromatic rings. The zero-order valence-corrected chi connectivity index (χ0v) is 11.3. The first-order valence-electron chi connectivity index (χ1n) is 5.50. The molecule has 0 atom stereocenters. The zero-order chi connectivity index (χ0) is 13.1. The van der Waals surface area contributed by atoms with Gasteiger partial charge in [-0.25, -0.2) is 4.39 Å². The molecule has 0 heterocycles. The van der Waals surface area contributed by atoms with Crippen LogP contribution < -0.4 is 5.32 Å². The second kappa shape index (κ2) is 5.59. The molecule has 1 nitrogen and oxygen atoms in total. The van der Waals surface area contributed by atoms with Crippen molar-refractivity contribution >= 4 is 28.9 Å². The SMILES string of the molecule is Cc1ccc(F)c(CNc2ccc(Cl)cc2Cl)c1. The van der Waals surface area contributed by atoms with Crippen LogP contribution >= 0.6 is 23.2 Å². The summed E-state index contributed by atoms with van der Waals surface area (Å²) < 4.78 is 13.5. The summed E-state index contributed by atoms with van der Waals surface area (Å²) in [6, 6.07) is 10.2. The molecule has 0 amide bonds. The van der Waals surface area contributed by atoms with Gasteiger partial charge in [0, 0.05) is 17.1 Å². The number of rotatable bonds is 3. The van der Waals surface area contributed by atoms with Gasteiger partial charge in [-0.1, -0.05) is 40.9 Å². The van der Waals surface area contributed by atoms with Crippen LogP contribution in [0.2, 0.25) is 10.0 Å². The highest BCUT2D eigenvalue weighted by molar-refractivity contribution is 6.36. The molecule has 1 N–H and O–H groups in total. The lowest BCUT2D eigenvalue weighted by Crippen LogP contribution is -2.02. The van der Waals surface area contributed by atoms with Crippen molar-refractivity contribution in [3.63, 3.8) is 0 Å². The minimum absolute atomic E-state index is 0.224. The number of anilines is 1. The molecule has 94 valence electrons. The Bertz CT molecular complexity index is 570. The Labute approximate surface area is 116 Å². The molecule has 0 fully saturated rings. The van der Waals surface area contributed by atoms with E-state index in [1.54, 1.807) is 24.3 Å². The van der Waals surface area contributed by atoms with Crippen LogP contribution in [0.1, 0.15) is 11.1 Å². The van der Waals surface area contributed by atoms with Gasteiger partial charge >= 0.3 is 0 Å². The van der Waals surface area contributed by atoms with Crippen molar-refractivity contribution in [3.05, 3.63) is 63.4 Å². The van der Waals surface area contributed by atoms with Gasteiger partial charge in [-0.2, -0.15) is 0 Å². The molecule has 18 heavy (non-hydrogen) atoms. The van der Waals surface area contributed by atoms with E-state index in [4.69, 9.17) is 23.2 Å². The third-order valence-corrected chi connectivity index (χ3v) is 3.15. The fourth-order valence-corrected chi connectivity index (χ4v) is 2.14. The molecular formula is C14H12Cl2FN. The van der Waals surface area contributed by atoms with E-state index in [1.165, 1.54) is 6.07 Å². The average molecular weight is 284 g/mol. The minimum atomic E-state index is -0.224. The van der Waals surface area contributed by atoms with Crippen molar-refractivity contribution in [2.75, 3.05) is 5.32 Å². The molecule has 0 saturated carbocycles. The van der Waals surface area contributed by atoms with Crippen LogP contribution in [0.3, 0.4) is 0 Å². The Morgan fingerprint density at radius 2 is 1.89 bits per heavy atom.